The molecule has 0 N–H and O–H groups in total. The van der Waals surface area contributed by atoms with Crippen LogP contribution in [-0.4, -0.2) is 9.59 Å². The van der Waals surface area contributed by atoms with Gasteiger partial charge >= 0.3 is 0 Å². The van der Waals surface area contributed by atoms with Gasteiger partial charge in [0.15, 0.2) is 0 Å². The van der Waals surface area contributed by atoms with E-state index in [1.54, 1.807) is 0 Å². The maximum absolute atomic E-state index is 6.15. The molecule has 88 valence electrons. The predicted octanol–water partition coefficient (Wildman–Crippen LogP) is 3.79. The van der Waals surface area contributed by atoms with E-state index in [1.165, 1.54) is 11.5 Å². The highest BCUT2D eigenvalue weighted by atomic mass is 35.5. The summed E-state index contributed by atoms with van der Waals surface area (Å²) in [5.41, 5.74) is 2.45. The molecule has 0 spiro atoms. The molecule has 1 aliphatic heterocycles. The van der Waals surface area contributed by atoms with Crippen LogP contribution in [0.5, 0.6) is 5.75 Å². The summed E-state index contributed by atoms with van der Waals surface area (Å²) < 4.78 is 10.0. The van der Waals surface area contributed by atoms with Crippen LogP contribution in [0.25, 0.3) is 11.3 Å². The average molecular weight is 267 g/mol. The van der Waals surface area contributed by atoms with Gasteiger partial charge in [0.25, 0.3) is 0 Å². The number of nitrogens with zero attached hydrogens (tertiary/aromatic N) is 2. The molecule has 2 heterocycles. The highest BCUT2D eigenvalue weighted by Crippen LogP contribution is 2.46. The van der Waals surface area contributed by atoms with Gasteiger partial charge in [-0.1, -0.05) is 16.1 Å². The molecule has 0 unspecified atom stereocenters. The smallest absolute Gasteiger partial charge is 0.141 e. The van der Waals surface area contributed by atoms with Crippen LogP contribution in [0.3, 0.4) is 0 Å². The lowest BCUT2D eigenvalue weighted by Gasteiger charge is -2.31. The molecule has 1 aromatic carbocycles. The zero-order chi connectivity index (χ0) is 12.2. The van der Waals surface area contributed by atoms with E-state index < -0.39 is 0 Å². The van der Waals surface area contributed by atoms with Crippen molar-refractivity contribution in [1.82, 2.24) is 9.59 Å². The lowest BCUT2D eigenvalue weighted by Crippen LogP contribution is -2.28. The third kappa shape index (κ3) is 1.55. The molecule has 5 heteroatoms. The van der Waals surface area contributed by atoms with Gasteiger partial charge in [0.2, 0.25) is 0 Å². The Morgan fingerprint density at radius 2 is 2.12 bits per heavy atom. The average Bonchev–Trinajstić information content (AvgIpc) is 2.71. The maximum atomic E-state index is 6.15. The van der Waals surface area contributed by atoms with Crippen LogP contribution in [0.15, 0.2) is 12.1 Å². The Hall–Kier alpha value is -1.13. The van der Waals surface area contributed by atoms with Gasteiger partial charge in [0, 0.05) is 10.6 Å². The molecular weight excluding hydrogens is 256 g/mol. The van der Waals surface area contributed by atoms with Gasteiger partial charge in [0.1, 0.15) is 17.0 Å². The molecule has 3 rings (SSSR count). The van der Waals surface area contributed by atoms with Gasteiger partial charge in [-0.15, -0.1) is 5.10 Å². The fourth-order valence-electron chi connectivity index (χ4n) is 2.01. The first-order valence-electron chi connectivity index (χ1n) is 5.31. The van der Waals surface area contributed by atoms with Gasteiger partial charge in [-0.3, -0.25) is 0 Å². The van der Waals surface area contributed by atoms with E-state index in [0.717, 1.165) is 32.5 Å². The highest BCUT2D eigenvalue weighted by molar-refractivity contribution is 7.06. The summed E-state index contributed by atoms with van der Waals surface area (Å²) in [5, 5.41) is 4.92. The number of ether oxygens (including phenoxy) is 1. The van der Waals surface area contributed by atoms with Crippen LogP contribution in [0.2, 0.25) is 5.02 Å². The standard InChI is InChI=1S/C12H11ClN2OS/c1-6-4-9-7(5-8(6)13)10-11(17-15-14-10)12(2,3)16-9/h4-5H,1-3H3. The Bertz CT molecular complexity index is 607. The monoisotopic (exact) mass is 266 g/mol. The van der Waals surface area contributed by atoms with Crippen molar-refractivity contribution in [2.45, 2.75) is 26.4 Å². The van der Waals surface area contributed by atoms with Gasteiger partial charge in [-0.25, -0.2) is 0 Å². The van der Waals surface area contributed by atoms with Crippen LogP contribution >= 0.6 is 23.1 Å². The molecule has 1 aliphatic rings. The van der Waals surface area contributed by atoms with Crippen molar-refractivity contribution in [1.29, 1.82) is 0 Å². The Morgan fingerprint density at radius 3 is 2.88 bits per heavy atom. The van der Waals surface area contributed by atoms with Gasteiger partial charge in [-0.05, 0) is 50.0 Å². The minimum Gasteiger partial charge on any atom is -0.481 e. The largest absolute Gasteiger partial charge is 0.481 e. The van der Waals surface area contributed by atoms with Gasteiger partial charge < -0.3 is 4.74 Å². The molecule has 0 aliphatic carbocycles. The summed E-state index contributed by atoms with van der Waals surface area (Å²) in [6.07, 6.45) is 0. The van der Waals surface area contributed by atoms with E-state index in [0.29, 0.717) is 0 Å². The second kappa shape index (κ2) is 3.43. The summed E-state index contributed by atoms with van der Waals surface area (Å²) in [6, 6.07) is 3.86. The van der Waals surface area contributed by atoms with Crippen molar-refractivity contribution in [2.24, 2.45) is 0 Å². The third-order valence-corrected chi connectivity index (χ3v) is 4.35. The molecule has 0 atom stereocenters. The quantitative estimate of drug-likeness (QED) is 0.728. The van der Waals surface area contributed by atoms with E-state index in [2.05, 4.69) is 9.59 Å². The number of aryl methyl sites for hydroxylation is 1. The number of fused-ring (bicyclic) bond motifs is 3. The Morgan fingerprint density at radius 1 is 1.35 bits per heavy atom. The second-order valence-electron chi connectivity index (χ2n) is 4.66. The van der Waals surface area contributed by atoms with Crippen LogP contribution in [0.1, 0.15) is 24.3 Å². The molecule has 0 radical (unpaired) electrons. The molecule has 0 saturated carbocycles. The van der Waals surface area contributed by atoms with Crippen molar-refractivity contribution < 1.29 is 4.74 Å². The summed E-state index contributed by atoms with van der Waals surface area (Å²) in [4.78, 5) is 1.05. The Kier molecular flexibility index (Phi) is 2.22. The molecule has 2 aromatic rings. The van der Waals surface area contributed by atoms with Crippen molar-refractivity contribution in [3.63, 3.8) is 0 Å². The zero-order valence-electron chi connectivity index (χ0n) is 9.74. The number of benzene rings is 1. The van der Waals surface area contributed by atoms with Gasteiger partial charge in [0.05, 0.1) is 4.88 Å². The minimum atomic E-state index is -0.378. The van der Waals surface area contributed by atoms with E-state index >= 15 is 0 Å². The zero-order valence-corrected chi connectivity index (χ0v) is 11.3. The molecule has 0 saturated heterocycles. The van der Waals surface area contributed by atoms with Crippen LogP contribution in [0, 0.1) is 6.92 Å². The van der Waals surface area contributed by atoms with Crippen LogP contribution in [0.4, 0.5) is 0 Å². The third-order valence-electron chi connectivity index (χ3n) is 2.92. The lowest BCUT2D eigenvalue weighted by molar-refractivity contribution is 0.109. The summed E-state index contributed by atoms with van der Waals surface area (Å²) in [6.45, 7) is 6.02. The fraction of sp³-hybridized carbons (Fsp3) is 0.333. The first-order valence-corrected chi connectivity index (χ1v) is 6.46. The number of halogens is 1. The molecule has 0 fully saturated rings. The van der Waals surface area contributed by atoms with Crippen molar-refractivity contribution in [3.05, 3.63) is 27.6 Å². The van der Waals surface area contributed by atoms with E-state index in [4.69, 9.17) is 16.3 Å². The predicted molar refractivity (Wildman–Crippen MR) is 68.7 cm³/mol. The van der Waals surface area contributed by atoms with E-state index in [9.17, 15) is 0 Å². The van der Waals surface area contributed by atoms with E-state index in [1.807, 2.05) is 32.9 Å². The summed E-state index contributed by atoms with van der Waals surface area (Å²) in [5.74, 6) is 0.831. The molecule has 3 nitrogen and oxygen atoms in total. The summed E-state index contributed by atoms with van der Waals surface area (Å²) >= 11 is 7.53. The minimum absolute atomic E-state index is 0.378. The normalized spacial score (nSPS) is 16.0. The van der Waals surface area contributed by atoms with E-state index in [-0.39, 0.29) is 5.60 Å². The number of hydrogen-bond acceptors (Lipinski definition) is 4. The van der Waals surface area contributed by atoms with Crippen molar-refractivity contribution in [2.75, 3.05) is 0 Å². The first kappa shape index (κ1) is 11.0. The van der Waals surface area contributed by atoms with Crippen LogP contribution < -0.4 is 4.74 Å². The maximum Gasteiger partial charge on any atom is 0.141 e. The van der Waals surface area contributed by atoms with Crippen molar-refractivity contribution in [3.8, 4) is 17.0 Å². The summed E-state index contributed by atoms with van der Waals surface area (Å²) in [7, 11) is 0. The molecule has 0 bridgehead atoms. The molecule has 0 amide bonds. The number of rotatable bonds is 0. The molecule has 1 aromatic heterocycles. The second-order valence-corrected chi connectivity index (χ2v) is 5.82. The Balaban J connectivity index is 2.31. The highest BCUT2D eigenvalue weighted by Gasteiger charge is 2.36. The van der Waals surface area contributed by atoms with Crippen LogP contribution in [-0.2, 0) is 5.60 Å². The Labute approximate surface area is 109 Å². The number of hydrogen-bond donors (Lipinski definition) is 0. The van der Waals surface area contributed by atoms with Crippen molar-refractivity contribution >= 4 is 23.1 Å². The van der Waals surface area contributed by atoms with Gasteiger partial charge in [-0.2, -0.15) is 0 Å². The lowest BCUT2D eigenvalue weighted by atomic mass is 9.96. The number of aromatic nitrogens is 2. The fourth-order valence-corrected chi connectivity index (χ4v) is 2.87. The first-order chi connectivity index (χ1) is 7.99. The molecular formula is C12H11ClN2OS. The molecule has 17 heavy (non-hydrogen) atoms. The SMILES string of the molecule is Cc1cc2c(cc1Cl)-c1nnsc1C(C)(C)O2. The topological polar surface area (TPSA) is 35.0 Å².